The van der Waals surface area contributed by atoms with Crippen LogP contribution >= 0.6 is 23.2 Å². The van der Waals surface area contributed by atoms with Gasteiger partial charge in [-0.2, -0.15) is 0 Å². The van der Waals surface area contributed by atoms with Gasteiger partial charge in [-0.15, -0.1) is 0 Å². The van der Waals surface area contributed by atoms with E-state index in [9.17, 15) is 4.79 Å². The second-order valence-corrected chi connectivity index (χ2v) is 6.19. The highest BCUT2D eigenvalue weighted by Crippen LogP contribution is 2.27. The SMILES string of the molecule is O=C(CCN1CCc2ccccc21)Nc1cc(Cl)cc(Cl)c1. The van der Waals surface area contributed by atoms with Crippen LogP contribution in [0.25, 0.3) is 0 Å². The smallest absolute Gasteiger partial charge is 0.226 e. The fourth-order valence-electron chi connectivity index (χ4n) is 2.72. The van der Waals surface area contributed by atoms with Gasteiger partial charge in [-0.3, -0.25) is 4.79 Å². The minimum atomic E-state index is -0.0392. The minimum Gasteiger partial charge on any atom is -0.370 e. The van der Waals surface area contributed by atoms with E-state index in [0.29, 0.717) is 28.7 Å². The van der Waals surface area contributed by atoms with Gasteiger partial charge in [-0.25, -0.2) is 0 Å². The Hall–Kier alpha value is -1.71. The van der Waals surface area contributed by atoms with Crippen molar-refractivity contribution in [3.8, 4) is 0 Å². The second-order valence-electron chi connectivity index (χ2n) is 5.32. The highest BCUT2D eigenvalue weighted by molar-refractivity contribution is 6.35. The Kier molecular flexibility index (Phi) is 4.55. The molecule has 1 aliphatic heterocycles. The Morgan fingerprint density at radius 1 is 1.14 bits per heavy atom. The molecule has 5 heteroatoms. The van der Waals surface area contributed by atoms with Crippen molar-refractivity contribution in [1.29, 1.82) is 0 Å². The van der Waals surface area contributed by atoms with Crippen LogP contribution in [0, 0.1) is 0 Å². The van der Waals surface area contributed by atoms with Crippen LogP contribution in [0.3, 0.4) is 0 Å². The summed E-state index contributed by atoms with van der Waals surface area (Å²) in [5.41, 5.74) is 3.22. The number of carbonyl (C=O) groups excluding carboxylic acids is 1. The number of nitrogens with zero attached hydrogens (tertiary/aromatic N) is 1. The van der Waals surface area contributed by atoms with Crippen molar-refractivity contribution in [3.63, 3.8) is 0 Å². The number of benzene rings is 2. The van der Waals surface area contributed by atoms with Crippen LogP contribution in [0.2, 0.25) is 10.0 Å². The molecule has 0 saturated carbocycles. The van der Waals surface area contributed by atoms with E-state index in [-0.39, 0.29) is 5.91 Å². The van der Waals surface area contributed by atoms with Crippen molar-refractivity contribution in [1.82, 2.24) is 0 Å². The van der Waals surface area contributed by atoms with Gasteiger partial charge >= 0.3 is 0 Å². The summed E-state index contributed by atoms with van der Waals surface area (Å²) in [6.45, 7) is 1.67. The predicted molar refractivity (Wildman–Crippen MR) is 92.1 cm³/mol. The Bertz CT molecular complexity index is 683. The number of nitrogens with one attached hydrogen (secondary N) is 1. The average Bonchev–Trinajstić information content (AvgIpc) is 2.87. The number of carbonyl (C=O) groups is 1. The number of rotatable bonds is 4. The maximum absolute atomic E-state index is 12.1. The summed E-state index contributed by atoms with van der Waals surface area (Å²) in [6.07, 6.45) is 1.47. The van der Waals surface area contributed by atoms with Crippen molar-refractivity contribution < 1.29 is 4.79 Å². The van der Waals surface area contributed by atoms with Crippen molar-refractivity contribution in [2.24, 2.45) is 0 Å². The molecule has 0 bridgehead atoms. The van der Waals surface area contributed by atoms with E-state index in [4.69, 9.17) is 23.2 Å². The molecule has 1 heterocycles. The molecular weight excluding hydrogens is 319 g/mol. The van der Waals surface area contributed by atoms with Crippen LogP contribution < -0.4 is 10.2 Å². The average molecular weight is 335 g/mol. The summed E-state index contributed by atoms with van der Waals surface area (Å²) >= 11 is 11.9. The van der Waals surface area contributed by atoms with Crippen molar-refractivity contribution in [3.05, 3.63) is 58.1 Å². The van der Waals surface area contributed by atoms with Gasteiger partial charge in [0.25, 0.3) is 0 Å². The zero-order chi connectivity index (χ0) is 15.5. The van der Waals surface area contributed by atoms with E-state index in [0.717, 1.165) is 13.0 Å². The molecule has 3 rings (SSSR count). The summed E-state index contributed by atoms with van der Waals surface area (Å²) in [5.74, 6) is -0.0392. The fraction of sp³-hybridized carbons (Fsp3) is 0.235. The third-order valence-corrected chi connectivity index (χ3v) is 4.17. The Morgan fingerprint density at radius 2 is 1.86 bits per heavy atom. The van der Waals surface area contributed by atoms with E-state index in [1.54, 1.807) is 18.2 Å². The molecule has 0 radical (unpaired) electrons. The zero-order valence-corrected chi connectivity index (χ0v) is 13.5. The molecule has 22 heavy (non-hydrogen) atoms. The first-order chi connectivity index (χ1) is 10.6. The molecule has 0 aromatic heterocycles. The molecule has 0 saturated heterocycles. The van der Waals surface area contributed by atoms with Crippen LogP contribution in [-0.4, -0.2) is 19.0 Å². The van der Waals surface area contributed by atoms with Crippen LogP contribution in [0.4, 0.5) is 11.4 Å². The fourth-order valence-corrected chi connectivity index (χ4v) is 3.25. The predicted octanol–water partition coefficient (Wildman–Crippen LogP) is 4.38. The summed E-state index contributed by atoms with van der Waals surface area (Å²) in [6, 6.07) is 13.4. The Morgan fingerprint density at radius 3 is 2.64 bits per heavy atom. The molecule has 1 aliphatic rings. The van der Waals surface area contributed by atoms with E-state index >= 15 is 0 Å². The number of anilines is 2. The molecule has 3 nitrogen and oxygen atoms in total. The molecule has 2 aromatic rings. The molecule has 0 fully saturated rings. The summed E-state index contributed by atoms with van der Waals surface area (Å²) < 4.78 is 0. The first-order valence-corrected chi connectivity index (χ1v) is 7.96. The molecule has 0 spiro atoms. The lowest BCUT2D eigenvalue weighted by molar-refractivity contribution is -0.116. The molecule has 114 valence electrons. The van der Waals surface area contributed by atoms with Crippen molar-refractivity contribution in [2.75, 3.05) is 23.3 Å². The maximum Gasteiger partial charge on any atom is 0.226 e. The third kappa shape index (κ3) is 3.54. The van der Waals surface area contributed by atoms with Gasteiger partial charge in [0.05, 0.1) is 0 Å². The lowest BCUT2D eigenvalue weighted by atomic mass is 10.2. The molecule has 1 amide bonds. The normalized spacial score (nSPS) is 13.1. The Balaban J connectivity index is 1.57. The first-order valence-electron chi connectivity index (χ1n) is 7.20. The molecule has 0 unspecified atom stereocenters. The van der Waals surface area contributed by atoms with Crippen molar-refractivity contribution >= 4 is 40.5 Å². The first kappa shape index (κ1) is 15.2. The van der Waals surface area contributed by atoms with Gasteiger partial charge in [-0.1, -0.05) is 41.4 Å². The number of fused-ring (bicyclic) bond motifs is 1. The number of para-hydroxylation sites is 1. The third-order valence-electron chi connectivity index (χ3n) is 3.74. The van der Waals surface area contributed by atoms with Gasteiger partial charge in [0.15, 0.2) is 0 Å². The summed E-state index contributed by atoms with van der Waals surface area (Å²) in [7, 11) is 0. The largest absolute Gasteiger partial charge is 0.370 e. The van der Waals surface area contributed by atoms with Gasteiger partial charge in [-0.05, 0) is 36.2 Å². The summed E-state index contributed by atoms with van der Waals surface area (Å²) in [4.78, 5) is 14.3. The quantitative estimate of drug-likeness (QED) is 0.899. The van der Waals surface area contributed by atoms with E-state index in [1.165, 1.54) is 11.3 Å². The number of amides is 1. The minimum absolute atomic E-state index is 0.0392. The van der Waals surface area contributed by atoms with Gasteiger partial charge in [0.2, 0.25) is 5.91 Å². The van der Waals surface area contributed by atoms with Gasteiger partial charge in [0.1, 0.15) is 0 Å². The lowest BCUT2D eigenvalue weighted by Gasteiger charge is -2.19. The highest BCUT2D eigenvalue weighted by atomic mass is 35.5. The molecular formula is C17H16Cl2N2O. The topological polar surface area (TPSA) is 32.3 Å². The lowest BCUT2D eigenvalue weighted by Crippen LogP contribution is -2.26. The van der Waals surface area contributed by atoms with Crippen molar-refractivity contribution in [2.45, 2.75) is 12.8 Å². The molecule has 1 N–H and O–H groups in total. The molecule has 0 atom stereocenters. The Labute approximate surface area is 139 Å². The van der Waals surface area contributed by atoms with E-state index < -0.39 is 0 Å². The number of halogens is 2. The highest BCUT2D eigenvalue weighted by Gasteiger charge is 2.18. The zero-order valence-electron chi connectivity index (χ0n) is 12.0. The monoisotopic (exact) mass is 334 g/mol. The standard InChI is InChI=1S/C17H16Cl2N2O/c18-13-9-14(19)11-15(10-13)20-17(22)6-8-21-7-5-12-3-1-2-4-16(12)21/h1-4,9-11H,5-8H2,(H,20,22). The molecule has 2 aromatic carbocycles. The maximum atomic E-state index is 12.1. The van der Waals surface area contributed by atoms with E-state index in [1.807, 2.05) is 6.07 Å². The second kappa shape index (κ2) is 6.59. The number of hydrogen-bond donors (Lipinski definition) is 1. The van der Waals surface area contributed by atoms with Crippen LogP contribution in [-0.2, 0) is 11.2 Å². The van der Waals surface area contributed by atoms with Gasteiger partial charge in [0, 0.05) is 40.9 Å². The van der Waals surface area contributed by atoms with Crippen LogP contribution in [0.1, 0.15) is 12.0 Å². The van der Waals surface area contributed by atoms with E-state index in [2.05, 4.69) is 28.4 Å². The van der Waals surface area contributed by atoms with Crippen LogP contribution in [0.15, 0.2) is 42.5 Å². The number of hydrogen-bond acceptors (Lipinski definition) is 2. The molecule has 0 aliphatic carbocycles. The van der Waals surface area contributed by atoms with Crippen LogP contribution in [0.5, 0.6) is 0 Å². The summed E-state index contributed by atoms with van der Waals surface area (Å²) in [5, 5.41) is 3.86. The van der Waals surface area contributed by atoms with Gasteiger partial charge < -0.3 is 10.2 Å².